The van der Waals surface area contributed by atoms with Gasteiger partial charge in [0.1, 0.15) is 6.04 Å². The number of carbonyl (C=O) groups excluding carboxylic acids is 2. The summed E-state index contributed by atoms with van der Waals surface area (Å²) in [5, 5.41) is 4.58. The third-order valence-corrected chi connectivity index (χ3v) is 6.51. The first-order valence-electron chi connectivity index (χ1n) is 10.7. The van der Waals surface area contributed by atoms with Crippen molar-refractivity contribution >= 4 is 23.2 Å². The van der Waals surface area contributed by atoms with Gasteiger partial charge in [-0.2, -0.15) is 13.2 Å². The van der Waals surface area contributed by atoms with E-state index in [1.54, 1.807) is 29.6 Å². The molecule has 2 amide bonds. The van der Waals surface area contributed by atoms with E-state index in [1.807, 2.05) is 0 Å². The van der Waals surface area contributed by atoms with Gasteiger partial charge in [0.05, 0.1) is 20.8 Å². The molecule has 1 N–H and O–H groups in total. The van der Waals surface area contributed by atoms with E-state index >= 15 is 0 Å². The van der Waals surface area contributed by atoms with Gasteiger partial charge < -0.3 is 19.7 Å². The zero-order valence-corrected chi connectivity index (χ0v) is 19.3. The van der Waals surface area contributed by atoms with Gasteiger partial charge in [-0.15, -0.1) is 11.3 Å². The van der Waals surface area contributed by atoms with Gasteiger partial charge in [0.2, 0.25) is 5.91 Å². The molecule has 0 radical (unpaired) electrons. The smallest absolute Gasteiger partial charge is 0.471 e. The molecule has 0 bridgehead atoms. The fraction of sp³-hybridized carbons (Fsp3) is 0.478. The maximum atomic E-state index is 13.7. The van der Waals surface area contributed by atoms with Crippen LogP contribution in [0.1, 0.15) is 48.6 Å². The van der Waals surface area contributed by atoms with Crippen LogP contribution >= 0.6 is 11.3 Å². The van der Waals surface area contributed by atoms with E-state index in [0.717, 1.165) is 32.1 Å². The van der Waals surface area contributed by atoms with Gasteiger partial charge in [-0.1, -0.05) is 37.5 Å². The first kappa shape index (κ1) is 24.9. The molecular formula is C23H27F3N2O4S. The Morgan fingerprint density at radius 2 is 1.85 bits per heavy atom. The van der Waals surface area contributed by atoms with Crippen molar-refractivity contribution in [3.63, 3.8) is 0 Å². The van der Waals surface area contributed by atoms with Crippen molar-refractivity contribution in [2.45, 2.75) is 56.9 Å². The Labute approximate surface area is 194 Å². The monoisotopic (exact) mass is 484 g/mol. The summed E-state index contributed by atoms with van der Waals surface area (Å²) in [6.45, 7) is -0.376. The number of nitrogens with zero attached hydrogens (tertiary/aromatic N) is 1. The Bertz CT molecular complexity index is 944. The largest absolute Gasteiger partial charge is 0.493 e. The molecule has 1 fully saturated rings. The van der Waals surface area contributed by atoms with Crippen molar-refractivity contribution in [1.29, 1.82) is 0 Å². The number of amides is 2. The average molecular weight is 485 g/mol. The molecule has 33 heavy (non-hydrogen) atoms. The second kappa shape index (κ2) is 10.9. The molecule has 1 aromatic heterocycles. The third kappa shape index (κ3) is 5.98. The van der Waals surface area contributed by atoms with Crippen molar-refractivity contribution in [3.05, 3.63) is 46.2 Å². The number of hydrogen-bond acceptors (Lipinski definition) is 5. The lowest BCUT2D eigenvalue weighted by molar-refractivity contribution is -0.189. The number of carbonyl (C=O) groups is 2. The SMILES string of the molecule is COc1cccc([C@@H](C(=O)NC2CCCCC2)N(Cc2cccs2)C(=O)C(F)(F)F)c1OC. The van der Waals surface area contributed by atoms with Crippen LogP contribution in [0.5, 0.6) is 11.5 Å². The highest BCUT2D eigenvalue weighted by Crippen LogP contribution is 2.39. The Hall–Kier alpha value is -2.75. The summed E-state index contributed by atoms with van der Waals surface area (Å²) in [7, 11) is 2.73. The topological polar surface area (TPSA) is 67.9 Å². The third-order valence-electron chi connectivity index (χ3n) is 5.65. The number of hydrogen-bond donors (Lipinski definition) is 1. The van der Waals surface area contributed by atoms with Crippen LogP contribution in [0.25, 0.3) is 0 Å². The number of benzene rings is 1. The van der Waals surface area contributed by atoms with E-state index in [1.165, 1.54) is 31.6 Å². The molecule has 0 unspecified atom stereocenters. The number of para-hydroxylation sites is 1. The molecule has 1 atom stereocenters. The lowest BCUT2D eigenvalue weighted by Gasteiger charge is -2.34. The maximum absolute atomic E-state index is 13.7. The predicted molar refractivity (Wildman–Crippen MR) is 118 cm³/mol. The highest BCUT2D eigenvalue weighted by Gasteiger charge is 2.47. The molecule has 1 saturated carbocycles. The number of rotatable bonds is 8. The molecule has 180 valence electrons. The number of ether oxygens (including phenoxy) is 2. The normalized spacial score (nSPS) is 15.5. The minimum atomic E-state index is -5.16. The van der Waals surface area contributed by atoms with Gasteiger partial charge in [0.15, 0.2) is 11.5 Å². The van der Waals surface area contributed by atoms with E-state index in [0.29, 0.717) is 9.78 Å². The summed E-state index contributed by atoms with van der Waals surface area (Å²) in [4.78, 5) is 27.2. The molecule has 1 aliphatic carbocycles. The lowest BCUT2D eigenvalue weighted by Crippen LogP contribution is -2.50. The average Bonchev–Trinajstić information content (AvgIpc) is 3.31. The van der Waals surface area contributed by atoms with Crippen LogP contribution in [0.3, 0.4) is 0 Å². The van der Waals surface area contributed by atoms with Crippen molar-refractivity contribution in [2.75, 3.05) is 14.2 Å². The van der Waals surface area contributed by atoms with E-state index in [-0.39, 0.29) is 29.6 Å². The molecule has 0 spiro atoms. The Balaban J connectivity index is 2.10. The number of methoxy groups -OCH3 is 2. The summed E-state index contributed by atoms with van der Waals surface area (Å²) in [5.41, 5.74) is 0.124. The number of nitrogens with one attached hydrogen (secondary N) is 1. The Morgan fingerprint density at radius 3 is 2.42 bits per heavy atom. The highest BCUT2D eigenvalue weighted by atomic mass is 32.1. The van der Waals surface area contributed by atoms with Crippen LogP contribution in [0.2, 0.25) is 0 Å². The standard InChI is InChI=1S/C23H27F3N2O4S/c1-31-18-12-6-11-17(20(18)32-2)19(21(29)27-15-8-4-3-5-9-15)28(22(30)23(24,25)26)14-16-10-7-13-33-16/h6-7,10-13,15,19H,3-5,8-9,14H2,1-2H3,(H,27,29)/t19-/m0/s1. The molecule has 1 heterocycles. The summed E-state index contributed by atoms with van der Waals surface area (Å²) in [6, 6.07) is 6.20. The minimum Gasteiger partial charge on any atom is -0.493 e. The van der Waals surface area contributed by atoms with E-state index in [2.05, 4.69) is 5.32 Å². The second-order valence-electron chi connectivity index (χ2n) is 7.84. The Morgan fingerprint density at radius 1 is 1.12 bits per heavy atom. The van der Waals surface area contributed by atoms with E-state index in [4.69, 9.17) is 9.47 Å². The van der Waals surface area contributed by atoms with Crippen LogP contribution in [0.4, 0.5) is 13.2 Å². The Kier molecular flexibility index (Phi) is 8.23. The molecule has 6 nitrogen and oxygen atoms in total. The molecule has 1 aromatic carbocycles. The first-order chi connectivity index (χ1) is 15.8. The minimum absolute atomic E-state index is 0.106. The van der Waals surface area contributed by atoms with Crippen LogP contribution in [-0.2, 0) is 16.1 Å². The summed E-state index contributed by atoms with van der Waals surface area (Å²) in [6.07, 6.45) is -0.766. The van der Waals surface area contributed by atoms with Crippen molar-refractivity contribution in [1.82, 2.24) is 10.2 Å². The van der Waals surface area contributed by atoms with Crippen LogP contribution in [0.15, 0.2) is 35.7 Å². The van der Waals surface area contributed by atoms with Crippen molar-refractivity contribution in [2.24, 2.45) is 0 Å². The zero-order valence-electron chi connectivity index (χ0n) is 18.5. The number of halogens is 3. The quantitative estimate of drug-likeness (QED) is 0.582. The van der Waals surface area contributed by atoms with Gasteiger partial charge in [-0.3, -0.25) is 9.59 Å². The zero-order chi connectivity index (χ0) is 24.0. The molecule has 0 saturated heterocycles. The fourth-order valence-electron chi connectivity index (χ4n) is 4.12. The van der Waals surface area contributed by atoms with Gasteiger partial charge in [0, 0.05) is 16.5 Å². The molecule has 1 aliphatic rings. The van der Waals surface area contributed by atoms with Gasteiger partial charge >= 0.3 is 12.1 Å². The molecule has 10 heteroatoms. The number of alkyl halides is 3. The summed E-state index contributed by atoms with van der Waals surface area (Å²) >= 11 is 1.21. The second-order valence-corrected chi connectivity index (χ2v) is 8.87. The fourth-order valence-corrected chi connectivity index (χ4v) is 4.82. The molecule has 3 rings (SSSR count). The summed E-state index contributed by atoms with van der Waals surface area (Å²) in [5.74, 6) is -2.41. The van der Waals surface area contributed by atoms with E-state index < -0.39 is 24.0 Å². The maximum Gasteiger partial charge on any atom is 0.471 e. The molecular weight excluding hydrogens is 457 g/mol. The van der Waals surface area contributed by atoms with Crippen LogP contribution in [-0.4, -0.2) is 43.2 Å². The van der Waals surface area contributed by atoms with Gasteiger partial charge in [0.25, 0.3) is 0 Å². The lowest BCUT2D eigenvalue weighted by atomic mass is 9.94. The molecule has 2 aromatic rings. The van der Waals surface area contributed by atoms with Gasteiger partial charge in [-0.05, 0) is 30.4 Å². The van der Waals surface area contributed by atoms with Crippen LogP contribution < -0.4 is 14.8 Å². The predicted octanol–water partition coefficient (Wildman–Crippen LogP) is 4.85. The number of thiophene rings is 1. The molecule has 0 aliphatic heterocycles. The van der Waals surface area contributed by atoms with E-state index in [9.17, 15) is 22.8 Å². The van der Waals surface area contributed by atoms with Crippen LogP contribution in [0, 0.1) is 0 Å². The van der Waals surface area contributed by atoms with Gasteiger partial charge in [-0.25, -0.2) is 0 Å². The summed E-state index contributed by atoms with van der Waals surface area (Å²) < 4.78 is 51.7. The highest BCUT2D eigenvalue weighted by molar-refractivity contribution is 7.09. The first-order valence-corrected chi connectivity index (χ1v) is 11.6. The van der Waals surface area contributed by atoms with Crippen molar-refractivity contribution < 1.29 is 32.2 Å². The van der Waals surface area contributed by atoms with Crippen molar-refractivity contribution in [3.8, 4) is 11.5 Å².